The third kappa shape index (κ3) is 3.16. The number of benzene rings is 2. The minimum absolute atomic E-state index is 0.0755. The molecule has 2 aromatic carbocycles. The maximum atomic E-state index is 11.3. The molecule has 0 aliphatic heterocycles. The highest BCUT2D eigenvalue weighted by Gasteiger charge is 2.12. The van der Waals surface area contributed by atoms with Crippen molar-refractivity contribution in [2.24, 2.45) is 9.98 Å². The number of aliphatic imine (C=N–C) groups is 2. The lowest BCUT2D eigenvalue weighted by atomic mass is 9.99. The minimum atomic E-state index is -1.10. The fraction of sp³-hybridized carbons (Fsp3) is 0. The first-order chi connectivity index (χ1) is 10.2. The van der Waals surface area contributed by atoms with Gasteiger partial charge in [0.05, 0.1) is 16.9 Å². The summed E-state index contributed by atoms with van der Waals surface area (Å²) in [6.45, 7) is 0. The fourth-order valence-electron chi connectivity index (χ4n) is 1.85. The molecule has 0 aromatic heterocycles. The molecule has 6 nitrogen and oxygen atoms in total. The molecule has 0 fully saturated rings. The molecule has 0 aliphatic rings. The monoisotopic (exact) mass is 280 g/mol. The van der Waals surface area contributed by atoms with Gasteiger partial charge in [-0.1, -0.05) is 12.1 Å². The first-order valence-corrected chi connectivity index (χ1v) is 5.79. The van der Waals surface area contributed by atoms with Gasteiger partial charge in [0.1, 0.15) is 0 Å². The molecule has 0 amide bonds. The molecule has 0 bridgehead atoms. The van der Waals surface area contributed by atoms with E-state index in [1.54, 1.807) is 24.3 Å². The number of rotatable bonds is 4. The number of carboxylic acids is 1. The van der Waals surface area contributed by atoms with Crippen LogP contribution in [0.2, 0.25) is 0 Å². The Balaban J connectivity index is 2.58. The summed E-state index contributed by atoms with van der Waals surface area (Å²) in [7, 11) is 0. The van der Waals surface area contributed by atoms with E-state index in [9.17, 15) is 19.5 Å². The molecule has 1 N–H and O–H groups in total. The third-order valence-electron chi connectivity index (χ3n) is 2.76. The van der Waals surface area contributed by atoms with Crippen LogP contribution in [0.15, 0.2) is 52.4 Å². The molecule has 6 heteroatoms. The Bertz CT molecular complexity index is 784. The number of nitrogens with zero attached hydrogens (tertiary/aromatic N) is 2. The van der Waals surface area contributed by atoms with Crippen LogP contribution in [0, 0.1) is 0 Å². The lowest BCUT2D eigenvalue weighted by molar-refractivity contribution is 0.0698. The van der Waals surface area contributed by atoms with Crippen molar-refractivity contribution >= 4 is 29.5 Å². The molecule has 0 aliphatic carbocycles. The molecule has 2 rings (SSSR count). The summed E-state index contributed by atoms with van der Waals surface area (Å²) in [5.41, 5.74) is 1.79. The average Bonchev–Trinajstić information content (AvgIpc) is 2.48. The second kappa shape index (κ2) is 6.21. The average molecular weight is 280 g/mol. The summed E-state index contributed by atoms with van der Waals surface area (Å²) < 4.78 is 0. The fourth-order valence-corrected chi connectivity index (χ4v) is 1.85. The lowest BCUT2D eigenvalue weighted by Gasteiger charge is -2.07. The largest absolute Gasteiger partial charge is 0.478 e. The van der Waals surface area contributed by atoms with E-state index < -0.39 is 5.97 Å². The molecule has 21 heavy (non-hydrogen) atoms. The highest BCUT2D eigenvalue weighted by atomic mass is 16.4. The molecule has 0 saturated heterocycles. The van der Waals surface area contributed by atoms with Gasteiger partial charge in [0, 0.05) is 0 Å². The van der Waals surface area contributed by atoms with Crippen LogP contribution in [0.4, 0.5) is 11.4 Å². The second-order valence-electron chi connectivity index (χ2n) is 3.99. The number of hydrogen-bond acceptors (Lipinski definition) is 5. The van der Waals surface area contributed by atoms with Crippen molar-refractivity contribution < 1.29 is 19.5 Å². The summed E-state index contributed by atoms with van der Waals surface area (Å²) in [4.78, 5) is 38.7. The number of isocyanates is 2. The molecule has 0 radical (unpaired) electrons. The van der Waals surface area contributed by atoms with Crippen molar-refractivity contribution in [1.82, 2.24) is 0 Å². The summed E-state index contributed by atoms with van der Waals surface area (Å²) in [5.74, 6) is -1.10. The van der Waals surface area contributed by atoms with Gasteiger partial charge in [0.25, 0.3) is 0 Å². The van der Waals surface area contributed by atoms with Crippen molar-refractivity contribution in [3.8, 4) is 11.1 Å². The van der Waals surface area contributed by atoms with E-state index in [2.05, 4.69) is 9.98 Å². The standard InChI is InChI=1S/C15H8N2O4/c18-8-16-11-3-1-10(2-4-11)14-7-12(17-9-19)5-6-13(14)15(20)21/h1-7H,(H,20,21). The summed E-state index contributed by atoms with van der Waals surface area (Å²) in [6, 6.07) is 10.6. The summed E-state index contributed by atoms with van der Waals surface area (Å²) in [6.07, 6.45) is 2.83. The smallest absolute Gasteiger partial charge is 0.336 e. The summed E-state index contributed by atoms with van der Waals surface area (Å²) in [5, 5.41) is 9.21. The summed E-state index contributed by atoms with van der Waals surface area (Å²) >= 11 is 0. The predicted molar refractivity (Wildman–Crippen MR) is 74.4 cm³/mol. The van der Waals surface area contributed by atoms with Gasteiger partial charge in [-0.3, -0.25) is 0 Å². The van der Waals surface area contributed by atoms with Gasteiger partial charge >= 0.3 is 5.97 Å². The molecular weight excluding hydrogens is 272 g/mol. The van der Waals surface area contributed by atoms with E-state index in [-0.39, 0.29) is 5.56 Å². The lowest BCUT2D eigenvalue weighted by Crippen LogP contribution is -1.99. The van der Waals surface area contributed by atoms with Crippen molar-refractivity contribution in [1.29, 1.82) is 0 Å². The van der Waals surface area contributed by atoms with E-state index in [4.69, 9.17) is 0 Å². The van der Waals surface area contributed by atoms with Crippen molar-refractivity contribution in [2.45, 2.75) is 0 Å². The highest BCUT2D eigenvalue weighted by Crippen LogP contribution is 2.29. The third-order valence-corrected chi connectivity index (χ3v) is 2.76. The van der Waals surface area contributed by atoms with Gasteiger partial charge in [0.15, 0.2) is 0 Å². The molecule has 2 aromatic rings. The van der Waals surface area contributed by atoms with Gasteiger partial charge in [-0.15, -0.1) is 0 Å². The van der Waals surface area contributed by atoms with Gasteiger partial charge in [0.2, 0.25) is 12.2 Å². The maximum absolute atomic E-state index is 11.3. The number of aromatic carboxylic acids is 1. The first kappa shape index (κ1) is 14.1. The molecule has 0 spiro atoms. The number of carbonyl (C=O) groups excluding carboxylic acids is 2. The number of hydrogen-bond donors (Lipinski definition) is 1. The Kier molecular flexibility index (Phi) is 4.17. The van der Waals surface area contributed by atoms with E-state index in [0.717, 1.165) is 0 Å². The Hall–Kier alpha value is -3.33. The first-order valence-electron chi connectivity index (χ1n) is 5.79. The van der Waals surface area contributed by atoms with Crippen LogP contribution in [0.1, 0.15) is 10.4 Å². The van der Waals surface area contributed by atoms with Crippen LogP contribution < -0.4 is 0 Å². The molecule has 0 heterocycles. The predicted octanol–water partition coefficient (Wildman–Crippen LogP) is 2.99. The van der Waals surface area contributed by atoms with Gasteiger partial charge in [-0.25, -0.2) is 14.4 Å². The Morgan fingerprint density at radius 2 is 1.48 bits per heavy atom. The molecule has 0 unspecified atom stereocenters. The Morgan fingerprint density at radius 1 is 0.905 bits per heavy atom. The van der Waals surface area contributed by atoms with E-state index >= 15 is 0 Å². The Morgan fingerprint density at radius 3 is 2.05 bits per heavy atom. The molecule has 0 atom stereocenters. The Labute approximate surface area is 119 Å². The zero-order valence-electron chi connectivity index (χ0n) is 10.6. The van der Waals surface area contributed by atoms with Gasteiger partial charge < -0.3 is 5.11 Å². The van der Waals surface area contributed by atoms with Crippen molar-refractivity contribution in [3.05, 3.63) is 48.0 Å². The quantitative estimate of drug-likeness (QED) is 0.687. The van der Waals surface area contributed by atoms with Gasteiger partial charge in [-0.05, 0) is 41.5 Å². The van der Waals surface area contributed by atoms with Crippen LogP contribution in [-0.2, 0) is 9.59 Å². The molecule has 102 valence electrons. The van der Waals surface area contributed by atoms with E-state index in [0.29, 0.717) is 22.5 Å². The minimum Gasteiger partial charge on any atom is -0.478 e. The zero-order valence-corrected chi connectivity index (χ0v) is 10.6. The van der Waals surface area contributed by atoms with Crippen LogP contribution in [0.25, 0.3) is 11.1 Å². The van der Waals surface area contributed by atoms with Crippen molar-refractivity contribution in [2.75, 3.05) is 0 Å². The van der Waals surface area contributed by atoms with E-state index in [1.165, 1.54) is 30.4 Å². The van der Waals surface area contributed by atoms with Crippen LogP contribution in [0.3, 0.4) is 0 Å². The number of carboxylic acid groups (broad SMARTS) is 1. The number of carbonyl (C=O) groups is 1. The van der Waals surface area contributed by atoms with Gasteiger partial charge in [-0.2, -0.15) is 9.98 Å². The molecular formula is C15H8N2O4. The topological polar surface area (TPSA) is 96.2 Å². The normalized spacial score (nSPS) is 9.33. The van der Waals surface area contributed by atoms with Crippen LogP contribution in [0.5, 0.6) is 0 Å². The van der Waals surface area contributed by atoms with E-state index in [1.807, 2.05) is 0 Å². The zero-order chi connectivity index (χ0) is 15.2. The maximum Gasteiger partial charge on any atom is 0.336 e. The van der Waals surface area contributed by atoms with Crippen LogP contribution >= 0.6 is 0 Å². The van der Waals surface area contributed by atoms with Crippen molar-refractivity contribution in [3.63, 3.8) is 0 Å². The highest BCUT2D eigenvalue weighted by molar-refractivity contribution is 5.97. The SMILES string of the molecule is O=C=Nc1ccc(-c2cc(N=C=O)ccc2C(=O)O)cc1. The molecule has 0 saturated carbocycles. The second-order valence-corrected chi connectivity index (χ2v) is 3.99. The van der Waals surface area contributed by atoms with Crippen LogP contribution in [-0.4, -0.2) is 23.2 Å².